The summed E-state index contributed by atoms with van der Waals surface area (Å²) in [6, 6.07) is 28.8. The fraction of sp³-hybridized carbons (Fsp3) is 0.153. The summed E-state index contributed by atoms with van der Waals surface area (Å²) in [7, 11) is -6.27. The van der Waals surface area contributed by atoms with Gasteiger partial charge in [-0.15, -0.1) is 0 Å². The maximum atomic E-state index is 11.0. The van der Waals surface area contributed by atoms with E-state index >= 15 is 0 Å². The molecule has 0 unspecified atom stereocenters. The third kappa shape index (κ3) is 10.8. The molecule has 0 bridgehead atoms. The Hall–Kier alpha value is -10.1. The first-order valence-corrected chi connectivity index (χ1v) is 32.0. The van der Waals surface area contributed by atoms with Crippen LogP contribution < -0.4 is 30.1 Å². The Morgan fingerprint density at radius 2 is 1.03 bits per heavy atom. The van der Waals surface area contributed by atoms with Gasteiger partial charge < -0.3 is 4.74 Å². The lowest BCUT2D eigenvalue weighted by molar-refractivity contribution is -0.571. The van der Waals surface area contributed by atoms with Crippen molar-refractivity contribution < 1.29 is 39.5 Å². The van der Waals surface area contributed by atoms with E-state index in [1.54, 1.807) is 57.8 Å². The maximum absolute atomic E-state index is 11.0. The number of nitrogens with zero attached hydrogens (tertiary/aromatic N) is 4. The first-order valence-electron chi connectivity index (χ1n) is 41.0. The summed E-state index contributed by atoms with van der Waals surface area (Å²) in [5.74, 6) is 1.16. The Bertz CT molecular complexity index is 6080. The molecule has 0 aliphatic heterocycles. The number of aryl methyl sites for hydroxylation is 1. The van der Waals surface area contributed by atoms with Gasteiger partial charge in [0.1, 0.15) is 17.3 Å². The molecule has 0 aliphatic rings. The standard InChI is InChI=1S/C85H76N4OSi/c1-58-48-81(86-56-76(58)59-28-24-30-62(49-59)83(2,3)4)89-77-43-21-20-40-74(77)75-47-46-67(55-80(75)89)90-66-32-26-31-65(54-66)87-57-88(79-45-23-22-44-78(79)87)82-72(41-27-42-73(82)61-50-63(84(5,6)7)53-64(51-61)85(8,9)10)60-29-25-39-71(52-60)91(68-33-14-11-15-34-68,69-35-16-12-17-36-69)70-37-18-13-19-38-70/h11-56H,1-10H3/i1D3,11D,12D,13D,14D,15D,16D,17D,18D,19D,25D,29D,33D,34D,35D,36D,37D,38D,39D,52D. The van der Waals surface area contributed by atoms with Gasteiger partial charge in [-0.05, 0) is 136 Å². The minimum absolute atomic E-state index is 0.0301. The molecule has 6 heteroatoms. The number of para-hydroxylation sites is 4. The molecule has 14 aromatic rings. The van der Waals surface area contributed by atoms with Gasteiger partial charge in [0.05, 0.1) is 59.5 Å². The molecule has 0 radical (unpaired) electrons. The van der Waals surface area contributed by atoms with Gasteiger partial charge in [-0.2, -0.15) is 0 Å². The van der Waals surface area contributed by atoms with E-state index in [1.807, 2.05) is 114 Å². The van der Waals surface area contributed by atoms with E-state index in [0.29, 0.717) is 56.2 Å². The molecular formula is C85H76N4OSi. The number of hydrogen-bond acceptors (Lipinski definition) is 2. The van der Waals surface area contributed by atoms with Crippen LogP contribution in [0.3, 0.4) is 0 Å². The molecule has 11 aromatic carbocycles. The first-order chi connectivity index (χ1) is 53.0. The Balaban J connectivity index is 1.03. The molecule has 0 atom stereocenters. The van der Waals surface area contributed by atoms with Crippen LogP contribution >= 0.6 is 0 Å². The number of benzene rings is 11. The van der Waals surface area contributed by atoms with Crippen LogP contribution in [-0.4, -0.2) is 22.2 Å². The lowest BCUT2D eigenvalue weighted by atomic mass is 9.78. The number of fused-ring (bicyclic) bond motifs is 4. The fourth-order valence-corrected chi connectivity index (χ4v) is 15.6. The highest BCUT2D eigenvalue weighted by Crippen LogP contribution is 2.41. The lowest BCUT2D eigenvalue weighted by Gasteiger charge is -2.34. The SMILES string of the molecule is [2H]c1c([2H])c([2H])c([Si](c2c([2H])c([2H])c([2H])c([2H])c2[2H])(c2c([2H])c([2H])c([2H])c([2H])c2[2H])c2c([2H])c([2H])c([2H])c(-c3cccc(-c4cc(C(C)(C)C)cc(C(C)(C)C)c4)c3-[n+]3[c-]n(-c4cccc(Oc5ccc6c7ccccc7n(-c7cc(C([2H])([2H])[2H])c(-c8cccc(C(C)(C)C)c8)cn7)c6c5)c4)c4ccccc43)c2[2H])c([2H])c1[2H]. The van der Waals surface area contributed by atoms with Gasteiger partial charge in [0, 0.05) is 32.7 Å². The highest BCUT2D eigenvalue weighted by Gasteiger charge is 2.41. The van der Waals surface area contributed by atoms with Gasteiger partial charge in [0.25, 0.3) is 6.33 Å². The minimum atomic E-state index is -6.27. The summed E-state index contributed by atoms with van der Waals surface area (Å²) in [6.45, 7) is 16.2. The molecule has 0 amide bonds. The van der Waals surface area contributed by atoms with E-state index in [1.165, 1.54) is 0 Å². The number of imidazole rings is 1. The van der Waals surface area contributed by atoms with Crippen molar-refractivity contribution in [1.29, 1.82) is 0 Å². The molecule has 0 saturated heterocycles. The highest BCUT2D eigenvalue weighted by atomic mass is 28.3. The van der Waals surface area contributed by atoms with Crippen molar-refractivity contribution in [3.63, 3.8) is 0 Å². The van der Waals surface area contributed by atoms with Crippen molar-refractivity contribution in [2.75, 3.05) is 0 Å². The van der Waals surface area contributed by atoms with E-state index in [0.717, 1.165) is 38.5 Å². The first kappa shape index (κ1) is 38.4. The van der Waals surface area contributed by atoms with Gasteiger partial charge >= 0.3 is 0 Å². The quantitative estimate of drug-likeness (QED) is 0.0529. The van der Waals surface area contributed by atoms with Crippen molar-refractivity contribution in [2.24, 2.45) is 0 Å². The summed E-state index contributed by atoms with van der Waals surface area (Å²) in [5.41, 5.74) is 6.79. The van der Waals surface area contributed by atoms with Gasteiger partial charge in [-0.1, -0.05) is 286 Å². The summed E-state index contributed by atoms with van der Waals surface area (Å²) >= 11 is 0. The van der Waals surface area contributed by atoms with Crippen molar-refractivity contribution >= 4 is 61.7 Å². The number of rotatable bonds is 12. The average Bonchev–Trinajstić information content (AvgIpc) is 1.30. The van der Waals surface area contributed by atoms with E-state index in [-0.39, 0.29) is 22.2 Å². The zero-order valence-corrected chi connectivity index (χ0v) is 52.8. The number of ether oxygens (including phenoxy) is 1. The molecular weight excluding hydrogens is 1120 g/mol. The highest BCUT2D eigenvalue weighted by molar-refractivity contribution is 7.19. The monoisotopic (exact) mass is 1220 g/mol. The van der Waals surface area contributed by atoms with Crippen molar-refractivity contribution in [3.8, 4) is 62.1 Å². The molecule has 0 N–H and O–H groups in total. The summed E-state index contributed by atoms with van der Waals surface area (Å²) in [4.78, 5) is 4.99. The van der Waals surface area contributed by atoms with Gasteiger partial charge in [0.15, 0.2) is 8.07 Å². The predicted octanol–water partition coefficient (Wildman–Crippen LogP) is 18.6. The van der Waals surface area contributed by atoms with Crippen molar-refractivity contribution in [2.45, 2.75) is 85.4 Å². The van der Waals surface area contributed by atoms with Crippen molar-refractivity contribution in [1.82, 2.24) is 14.1 Å². The van der Waals surface area contributed by atoms with E-state index in [9.17, 15) is 21.9 Å². The molecule has 446 valence electrons. The van der Waals surface area contributed by atoms with Crippen LogP contribution in [0.25, 0.3) is 83.4 Å². The molecule has 14 rings (SSSR count). The molecule has 0 spiro atoms. The normalized spacial score (nSPS) is 15.8. The maximum Gasteiger partial charge on any atom is 0.269 e. The second-order valence-corrected chi connectivity index (χ2v) is 29.3. The number of pyridine rings is 1. The molecule has 0 aliphatic carbocycles. The molecule has 0 fully saturated rings. The lowest BCUT2D eigenvalue weighted by Crippen LogP contribution is -2.74. The molecule has 3 heterocycles. The molecule has 5 nitrogen and oxygen atoms in total. The minimum Gasteiger partial charge on any atom is -0.458 e. The zero-order chi connectivity index (χ0) is 81.8. The smallest absolute Gasteiger partial charge is 0.269 e. The van der Waals surface area contributed by atoms with Crippen molar-refractivity contribution in [3.05, 3.63) is 307 Å². The third-order valence-electron chi connectivity index (χ3n) is 16.8. The second-order valence-electron chi connectivity index (χ2n) is 25.8. The Labute approximate surface area is 568 Å². The average molecular weight is 1220 g/mol. The molecule has 3 aromatic heterocycles. The van der Waals surface area contributed by atoms with E-state index < -0.39 is 167 Å². The van der Waals surface area contributed by atoms with E-state index in [2.05, 4.69) is 74.7 Å². The van der Waals surface area contributed by atoms with Crippen LogP contribution in [0.15, 0.2) is 279 Å². The van der Waals surface area contributed by atoms with Crippen LogP contribution in [0.2, 0.25) is 0 Å². The Morgan fingerprint density at radius 3 is 1.69 bits per heavy atom. The van der Waals surface area contributed by atoms with E-state index in [4.69, 9.17) is 17.9 Å². The molecule has 91 heavy (non-hydrogen) atoms. The van der Waals surface area contributed by atoms with Crippen LogP contribution in [0.4, 0.5) is 0 Å². The van der Waals surface area contributed by atoms with Crippen LogP contribution in [0.1, 0.15) is 115 Å². The summed E-state index contributed by atoms with van der Waals surface area (Å²) in [6.07, 6.45) is 5.24. The predicted molar refractivity (Wildman–Crippen MR) is 383 cm³/mol. The van der Waals surface area contributed by atoms with Gasteiger partial charge in [-0.25, -0.2) is 4.98 Å². The van der Waals surface area contributed by atoms with Gasteiger partial charge in [0.2, 0.25) is 0 Å². The number of aromatic nitrogens is 4. The van der Waals surface area contributed by atoms with Crippen LogP contribution in [-0.2, 0) is 16.2 Å². The fourth-order valence-electron chi connectivity index (χ4n) is 12.0. The largest absolute Gasteiger partial charge is 0.458 e. The third-order valence-corrected chi connectivity index (χ3v) is 20.8. The Morgan fingerprint density at radius 1 is 0.462 bits per heavy atom. The van der Waals surface area contributed by atoms with Crippen LogP contribution in [0, 0.1) is 13.2 Å². The topological polar surface area (TPSA) is 35.9 Å². The second kappa shape index (κ2) is 23.0. The zero-order valence-electron chi connectivity index (χ0n) is 73.8. The number of hydrogen-bond donors (Lipinski definition) is 0. The summed E-state index contributed by atoms with van der Waals surface area (Å²) in [5, 5.41) is -2.05. The van der Waals surface area contributed by atoms with Gasteiger partial charge in [-0.3, -0.25) is 13.7 Å². The van der Waals surface area contributed by atoms with Crippen LogP contribution in [0.5, 0.6) is 11.5 Å². The summed E-state index contributed by atoms with van der Waals surface area (Å²) < 4.78 is 221. The molecule has 0 saturated carbocycles. The Kier molecular flexibility index (Phi) is 9.72.